The molecule has 0 fully saturated rings. The summed E-state index contributed by atoms with van der Waals surface area (Å²) in [5.74, 6) is -0.784. The second kappa shape index (κ2) is 13.0. The molecule has 0 saturated carbocycles. The maximum Gasteiger partial charge on any atom is 0.307 e. The van der Waals surface area contributed by atoms with Crippen LogP contribution in [0.3, 0.4) is 0 Å². The highest BCUT2D eigenvalue weighted by atomic mass is 16.5. The lowest BCUT2D eigenvalue weighted by Crippen LogP contribution is -2.34. The van der Waals surface area contributed by atoms with Gasteiger partial charge in [-0.05, 0) is 24.1 Å². The average molecular weight is 323 g/mol. The average Bonchev–Trinajstić information content (AvgIpc) is 2.53. The molecule has 0 saturated heterocycles. The summed E-state index contributed by atoms with van der Waals surface area (Å²) < 4.78 is 4.95. The van der Waals surface area contributed by atoms with Gasteiger partial charge in [0.15, 0.2) is 0 Å². The van der Waals surface area contributed by atoms with Gasteiger partial charge in [-0.15, -0.1) is 0 Å². The number of carboxylic acids is 1. The fourth-order valence-electron chi connectivity index (χ4n) is 2.26. The van der Waals surface area contributed by atoms with Crippen molar-refractivity contribution in [2.45, 2.75) is 12.8 Å². The molecular weight excluding hydrogens is 294 g/mol. The SMILES string of the molecule is COCCNCCNCCNCCc1ccccc1CC(=O)O. The molecule has 1 aromatic carbocycles. The molecule has 6 nitrogen and oxygen atoms in total. The largest absolute Gasteiger partial charge is 0.481 e. The molecule has 130 valence electrons. The fraction of sp³-hybridized carbons (Fsp3) is 0.588. The third-order valence-corrected chi connectivity index (χ3v) is 3.47. The molecule has 23 heavy (non-hydrogen) atoms. The zero-order chi connectivity index (χ0) is 16.8. The highest BCUT2D eigenvalue weighted by Crippen LogP contribution is 2.10. The fourth-order valence-corrected chi connectivity index (χ4v) is 2.26. The molecule has 0 spiro atoms. The van der Waals surface area contributed by atoms with Crippen molar-refractivity contribution >= 4 is 5.97 Å². The van der Waals surface area contributed by atoms with Crippen LogP contribution in [-0.2, 0) is 22.4 Å². The number of hydrogen-bond acceptors (Lipinski definition) is 5. The lowest BCUT2D eigenvalue weighted by Gasteiger charge is -2.10. The van der Waals surface area contributed by atoms with E-state index in [-0.39, 0.29) is 6.42 Å². The molecule has 0 aliphatic heterocycles. The van der Waals surface area contributed by atoms with Crippen LogP contribution in [0, 0.1) is 0 Å². The Hall–Kier alpha value is -1.47. The molecular formula is C17H29N3O3. The Balaban J connectivity index is 2.04. The van der Waals surface area contributed by atoms with Gasteiger partial charge in [-0.1, -0.05) is 24.3 Å². The highest BCUT2D eigenvalue weighted by molar-refractivity contribution is 5.70. The van der Waals surface area contributed by atoms with Crippen molar-refractivity contribution in [2.24, 2.45) is 0 Å². The first-order chi connectivity index (χ1) is 11.2. The second-order valence-electron chi connectivity index (χ2n) is 5.33. The van der Waals surface area contributed by atoms with E-state index in [0.29, 0.717) is 0 Å². The Morgan fingerprint density at radius 2 is 1.52 bits per heavy atom. The van der Waals surface area contributed by atoms with Crippen molar-refractivity contribution in [1.82, 2.24) is 16.0 Å². The molecule has 0 aromatic heterocycles. The first-order valence-corrected chi connectivity index (χ1v) is 8.13. The van der Waals surface area contributed by atoms with Crippen molar-refractivity contribution in [2.75, 3.05) is 53.0 Å². The number of ether oxygens (including phenoxy) is 1. The number of hydrogen-bond donors (Lipinski definition) is 4. The van der Waals surface area contributed by atoms with Crippen molar-refractivity contribution in [3.8, 4) is 0 Å². The first-order valence-electron chi connectivity index (χ1n) is 8.13. The summed E-state index contributed by atoms with van der Waals surface area (Å²) in [6, 6.07) is 7.74. The summed E-state index contributed by atoms with van der Waals surface area (Å²) in [6.45, 7) is 6.17. The quantitative estimate of drug-likeness (QED) is 0.368. The molecule has 1 rings (SSSR count). The van der Waals surface area contributed by atoms with E-state index < -0.39 is 5.97 Å². The minimum absolute atomic E-state index is 0.0911. The van der Waals surface area contributed by atoms with Gasteiger partial charge in [0.1, 0.15) is 0 Å². The predicted octanol–water partition coefficient (Wildman–Crippen LogP) is 0.271. The summed E-state index contributed by atoms with van der Waals surface area (Å²) >= 11 is 0. The highest BCUT2D eigenvalue weighted by Gasteiger charge is 2.05. The van der Waals surface area contributed by atoms with Crippen LogP contribution >= 0.6 is 0 Å². The summed E-state index contributed by atoms with van der Waals surface area (Å²) in [4.78, 5) is 10.8. The van der Waals surface area contributed by atoms with E-state index >= 15 is 0 Å². The molecule has 0 radical (unpaired) electrons. The van der Waals surface area contributed by atoms with Crippen LogP contribution < -0.4 is 16.0 Å². The van der Waals surface area contributed by atoms with Crippen LogP contribution in [0.15, 0.2) is 24.3 Å². The Morgan fingerprint density at radius 1 is 0.957 bits per heavy atom. The van der Waals surface area contributed by atoms with Crippen LogP contribution in [-0.4, -0.2) is 64.1 Å². The van der Waals surface area contributed by atoms with Crippen LogP contribution in [0.4, 0.5) is 0 Å². The monoisotopic (exact) mass is 323 g/mol. The van der Waals surface area contributed by atoms with Gasteiger partial charge in [0.2, 0.25) is 0 Å². The summed E-state index contributed by atoms with van der Waals surface area (Å²) in [7, 11) is 1.70. The lowest BCUT2D eigenvalue weighted by molar-refractivity contribution is -0.136. The maximum absolute atomic E-state index is 10.8. The van der Waals surface area contributed by atoms with Gasteiger partial charge in [0.25, 0.3) is 0 Å². The topological polar surface area (TPSA) is 82.6 Å². The molecule has 0 atom stereocenters. The van der Waals surface area contributed by atoms with E-state index in [2.05, 4.69) is 16.0 Å². The normalized spacial score (nSPS) is 10.8. The summed E-state index contributed by atoms with van der Waals surface area (Å²) in [5, 5.41) is 18.9. The minimum atomic E-state index is -0.784. The van der Waals surface area contributed by atoms with E-state index in [9.17, 15) is 4.79 Å². The molecule has 0 bridgehead atoms. The maximum atomic E-state index is 10.8. The number of aliphatic carboxylic acids is 1. The van der Waals surface area contributed by atoms with Crippen molar-refractivity contribution in [1.29, 1.82) is 0 Å². The van der Waals surface area contributed by atoms with E-state index in [4.69, 9.17) is 9.84 Å². The van der Waals surface area contributed by atoms with E-state index in [1.165, 1.54) is 0 Å². The number of rotatable bonds is 14. The van der Waals surface area contributed by atoms with Gasteiger partial charge in [-0.2, -0.15) is 0 Å². The second-order valence-corrected chi connectivity index (χ2v) is 5.33. The van der Waals surface area contributed by atoms with Gasteiger partial charge in [0.05, 0.1) is 13.0 Å². The number of carbonyl (C=O) groups is 1. The van der Waals surface area contributed by atoms with E-state index in [0.717, 1.165) is 63.4 Å². The van der Waals surface area contributed by atoms with Gasteiger partial charge in [-0.3, -0.25) is 4.79 Å². The third kappa shape index (κ3) is 10.0. The number of nitrogens with one attached hydrogen (secondary N) is 3. The predicted molar refractivity (Wildman–Crippen MR) is 92.0 cm³/mol. The molecule has 0 aliphatic carbocycles. The van der Waals surface area contributed by atoms with Crippen molar-refractivity contribution < 1.29 is 14.6 Å². The standard InChI is InChI=1S/C17H29N3O3/c1-23-13-12-20-11-10-19-9-8-18-7-6-15-4-2-3-5-16(15)14-17(21)22/h2-5,18-20H,6-14H2,1H3,(H,21,22). The van der Waals surface area contributed by atoms with Crippen LogP contribution in [0.2, 0.25) is 0 Å². The van der Waals surface area contributed by atoms with Gasteiger partial charge < -0.3 is 25.8 Å². The van der Waals surface area contributed by atoms with E-state index in [1.807, 2.05) is 24.3 Å². The molecule has 0 unspecified atom stereocenters. The molecule has 4 N–H and O–H groups in total. The number of benzene rings is 1. The Morgan fingerprint density at radius 3 is 2.13 bits per heavy atom. The number of carboxylic acid groups (broad SMARTS) is 1. The Kier molecular flexibility index (Phi) is 11.1. The third-order valence-electron chi connectivity index (χ3n) is 3.47. The summed E-state index contributed by atoms with van der Waals surface area (Å²) in [5.41, 5.74) is 2.01. The van der Waals surface area contributed by atoms with Crippen LogP contribution in [0.1, 0.15) is 11.1 Å². The smallest absolute Gasteiger partial charge is 0.307 e. The molecule has 1 aromatic rings. The van der Waals surface area contributed by atoms with E-state index in [1.54, 1.807) is 7.11 Å². The van der Waals surface area contributed by atoms with Crippen LogP contribution in [0.5, 0.6) is 0 Å². The van der Waals surface area contributed by atoms with Crippen molar-refractivity contribution in [3.63, 3.8) is 0 Å². The number of methoxy groups -OCH3 is 1. The molecule has 6 heteroatoms. The molecule has 0 amide bonds. The van der Waals surface area contributed by atoms with Gasteiger partial charge in [0, 0.05) is 39.8 Å². The Labute approximate surface area is 138 Å². The van der Waals surface area contributed by atoms with Gasteiger partial charge >= 0.3 is 5.97 Å². The zero-order valence-electron chi connectivity index (χ0n) is 13.9. The Bertz CT molecular complexity index is 441. The summed E-state index contributed by atoms with van der Waals surface area (Å²) in [6.07, 6.45) is 0.940. The minimum Gasteiger partial charge on any atom is -0.481 e. The van der Waals surface area contributed by atoms with Crippen LogP contribution in [0.25, 0.3) is 0 Å². The lowest BCUT2D eigenvalue weighted by atomic mass is 10.0. The van der Waals surface area contributed by atoms with Crippen molar-refractivity contribution in [3.05, 3.63) is 35.4 Å². The molecule has 0 aliphatic rings. The zero-order valence-corrected chi connectivity index (χ0v) is 13.9. The first kappa shape index (κ1) is 19.6. The van der Waals surface area contributed by atoms with Gasteiger partial charge in [-0.25, -0.2) is 0 Å². The molecule has 0 heterocycles.